The summed E-state index contributed by atoms with van der Waals surface area (Å²) in [5, 5.41) is 1.04. The van der Waals surface area contributed by atoms with Gasteiger partial charge in [0, 0.05) is 16.7 Å². The number of rotatable bonds is 5. The van der Waals surface area contributed by atoms with Crippen LogP contribution in [0.3, 0.4) is 0 Å². The number of nitrogens with zero attached hydrogens (tertiary/aromatic N) is 1. The number of carbonyl (C=O) groups excluding carboxylic acids is 1. The van der Waals surface area contributed by atoms with Gasteiger partial charge in [-0.2, -0.15) is 0 Å². The van der Waals surface area contributed by atoms with E-state index in [1.54, 1.807) is 36.4 Å². The van der Waals surface area contributed by atoms with Crippen LogP contribution in [0.1, 0.15) is 12.7 Å². The Morgan fingerprint density at radius 1 is 1.13 bits per heavy atom. The molecule has 4 rings (SSSR count). The van der Waals surface area contributed by atoms with E-state index >= 15 is 0 Å². The van der Waals surface area contributed by atoms with Crippen LogP contribution in [0, 0.1) is 0 Å². The lowest BCUT2D eigenvalue weighted by molar-refractivity contribution is -0.113. The van der Waals surface area contributed by atoms with E-state index in [0.29, 0.717) is 43.1 Å². The molecular formula is C22H15Cl2NO3S2. The fraction of sp³-hybridized carbons (Fsp3) is 0.0909. The second-order valence-corrected chi connectivity index (χ2v) is 8.79. The van der Waals surface area contributed by atoms with Crippen LogP contribution in [0.25, 0.3) is 17.4 Å². The average Bonchev–Trinajstić information content (AvgIpc) is 3.27. The minimum atomic E-state index is -0.198. The van der Waals surface area contributed by atoms with Gasteiger partial charge in [0.15, 0.2) is 4.32 Å². The Bertz CT molecular complexity index is 1160. The van der Waals surface area contributed by atoms with E-state index in [1.807, 2.05) is 31.2 Å². The normalized spacial score (nSPS) is 15.3. The number of anilines is 1. The van der Waals surface area contributed by atoms with Crippen LogP contribution >= 0.6 is 47.2 Å². The molecule has 0 bridgehead atoms. The van der Waals surface area contributed by atoms with Crippen molar-refractivity contribution in [3.05, 3.63) is 75.3 Å². The molecule has 0 unspecified atom stereocenters. The number of amides is 1. The molecule has 0 saturated carbocycles. The first-order chi connectivity index (χ1) is 14.5. The van der Waals surface area contributed by atoms with Crippen LogP contribution < -0.4 is 9.64 Å². The summed E-state index contributed by atoms with van der Waals surface area (Å²) in [5.74, 6) is 1.66. The van der Waals surface area contributed by atoms with E-state index in [9.17, 15) is 4.79 Å². The Kier molecular flexibility index (Phi) is 6.20. The van der Waals surface area contributed by atoms with Gasteiger partial charge >= 0.3 is 0 Å². The van der Waals surface area contributed by atoms with Gasteiger partial charge in [-0.25, -0.2) is 0 Å². The van der Waals surface area contributed by atoms with Gasteiger partial charge in [-0.15, -0.1) is 0 Å². The summed E-state index contributed by atoms with van der Waals surface area (Å²) < 4.78 is 11.8. The molecule has 3 aromatic rings. The van der Waals surface area contributed by atoms with Crippen molar-refractivity contribution in [3.8, 4) is 17.1 Å². The number of benzene rings is 2. The van der Waals surface area contributed by atoms with Crippen molar-refractivity contribution < 1.29 is 13.9 Å². The standard InChI is InChI=1S/C22H15Cl2NO3S2/c1-2-27-15-6-4-14(5-7-15)25-21(26)20(30-22(25)29)12-16-8-10-19(28-16)17-9-3-13(23)11-18(17)24/h3-12H,2H2,1H3. The second-order valence-electron chi connectivity index (χ2n) is 6.27. The van der Waals surface area contributed by atoms with E-state index in [0.717, 1.165) is 11.3 Å². The van der Waals surface area contributed by atoms with Crippen molar-refractivity contribution in [2.45, 2.75) is 6.92 Å². The number of thiocarbonyl (C=S) groups is 1. The third-order valence-electron chi connectivity index (χ3n) is 4.30. The molecule has 1 aliphatic heterocycles. The summed E-state index contributed by atoms with van der Waals surface area (Å²) in [6.07, 6.45) is 1.68. The number of ether oxygens (including phenoxy) is 1. The predicted octanol–water partition coefficient (Wildman–Crippen LogP) is 7.06. The minimum Gasteiger partial charge on any atom is -0.494 e. The second kappa shape index (κ2) is 8.86. The molecule has 2 heterocycles. The summed E-state index contributed by atoms with van der Waals surface area (Å²) in [4.78, 5) is 14.9. The number of hydrogen-bond acceptors (Lipinski definition) is 5. The van der Waals surface area contributed by atoms with E-state index in [4.69, 9.17) is 44.6 Å². The molecule has 1 fully saturated rings. The van der Waals surface area contributed by atoms with Crippen LogP contribution in [0.15, 0.2) is 63.9 Å². The third-order valence-corrected chi connectivity index (χ3v) is 6.15. The number of thioether (sulfide) groups is 1. The van der Waals surface area contributed by atoms with Gasteiger partial charge in [0.05, 0.1) is 22.2 Å². The lowest BCUT2D eigenvalue weighted by atomic mass is 10.2. The molecular weight excluding hydrogens is 461 g/mol. The van der Waals surface area contributed by atoms with Crippen molar-refractivity contribution >= 4 is 69.2 Å². The molecule has 0 radical (unpaired) electrons. The SMILES string of the molecule is CCOc1ccc(N2C(=O)C(=Cc3ccc(-c4ccc(Cl)cc4Cl)o3)SC2=S)cc1. The van der Waals surface area contributed by atoms with Gasteiger partial charge in [-0.05, 0) is 61.5 Å². The summed E-state index contributed by atoms with van der Waals surface area (Å²) in [6.45, 7) is 2.50. The first-order valence-corrected chi connectivity index (χ1v) is 11.0. The third kappa shape index (κ3) is 4.27. The highest BCUT2D eigenvalue weighted by molar-refractivity contribution is 8.27. The lowest BCUT2D eigenvalue weighted by Crippen LogP contribution is -2.27. The summed E-state index contributed by atoms with van der Waals surface area (Å²) in [7, 11) is 0. The Balaban J connectivity index is 1.57. The molecule has 1 aromatic heterocycles. The molecule has 0 spiro atoms. The predicted molar refractivity (Wildman–Crippen MR) is 127 cm³/mol. The van der Waals surface area contributed by atoms with Gasteiger partial charge in [0.25, 0.3) is 5.91 Å². The van der Waals surface area contributed by atoms with Crippen molar-refractivity contribution in [1.29, 1.82) is 0 Å². The van der Waals surface area contributed by atoms with Crippen molar-refractivity contribution in [3.63, 3.8) is 0 Å². The van der Waals surface area contributed by atoms with Gasteiger partial charge in [-0.3, -0.25) is 9.69 Å². The fourth-order valence-corrected chi connectivity index (χ4v) is 4.72. The monoisotopic (exact) mass is 475 g/mol. The van der Waals surface area contributed by atoms with Crippen LogP contribution in [0.4, 0.5) is 5.69 Å². The lowest BCUT2D eigenvalue weighted by Gasteiger charge is -2.15. The number of halogens is 2. The average molecular weight is 476 g/mol. The van der Waals surface area contributed by atoms with Crippen molar-refractivity contribution in [2.75, 3.05) is 11.5 Å². The molecule has 1 amide bonds. The number of carbonyl (C=O) groups is 1. The number of hydrogen-bond donors (Lipinski definition) is 0. The highest BCUT2D eigenvalue weighted by atomic mass is 35.5. The maximum absolute atomic E-state index is 12.9. The maximum Gasteiger partial charge on any atom is 0.270 e. The van der Waals surface area contributed by atoms with E-state index < -0.39 is 0 Å². The Morgan fingerprint density at radius 2 is 1.90 bits per heavy atom. The highest BCUT2D eigenvalue weighted by Crippen LogP contribution is 2.38. The first kappa shape index (κ1) is 21.0. The first-order valence-electron chi connectivity index (χ1n) is 9.02. The van der Waals surface area contributed by atoms with E-state index in [2.05, 4.69) is 0 Å². The Hall–Kier alpha value is -2.25. The largest absolute Gasteiger partial charge is 0.494 e. The van der Waals surface area contributed by atoms with Crippen LogP contribution in [0.5, 0.6) is 5.75 Å². The van der Waals surface area contributed by atoms with Gasteiger partial charge < -0.3 is 9.15 Å². The van der Waals surface area contributed by atoms with Gasteiger partial charge in [-0.1, -0.05) is 47.2 Å². The fourth-order valence-electron chi connectivity index (χ4n) is 2.94. The maximum atomic E-state index is 12.9. The smallest absolute Gasteiger partial charge is 0.270 e. The van der Waals surface area contributed by atoms with Gasteiger partial charge in [0.2, 0.25) is 0 Å². The minimum absolute atomic E-state index is 0.198. The Labute approximate surface area is 193 Å². The molecule has 8 heteroatoms. The van der Waals surface area contributed by atoms with Crippen molar-refractivity contribution in [2.24, 2.45) is 0 Å². The van der Waals surface area contributed by atoms with Crippen LogP contribution in [0.2, 0.25) is 10.0 Å². The highest BCUT2D eigenvalue weighted by Gasteiger charge is 2.33. The summed E-state index contributed by atoms with van der Waals surface area (Å²) in [5.41, 5.74) is 1.42. The van der Waals surface area contributed by atoms with Gasteiger partial charge in [0.1, 0.15) is 17.3 Å². The van der Waals surface area contributed by atoms with E-state index in [-0.39, 0.29) is 5.91 Å². The van der Waals surface area contributed by atoms with Crippen LogP contribution in [-0.4, -0.2) is 16.8 Å². The Morgan fingerprint density at radius 3 is 2.60 bits per heavy atom. The molecule has 0 N–H and O–H groups in total. The molecule has 1 aliphatic rings. The van der Waals surface area contributed by atoms with Crippen LogP contribution in [-0.2, 0) is 4.79 Å². The van der Waals surface area contributed by atoms with E-state index in [1.165, 1.54) is 16.7 Å². The summed E-state index contributed by atoms with van der Waals surface area (Å²) >= 11 is 18.9. The van der Waals surface area contributed by atoms with Crippen molar-refractivity contribution in [1.82, 2.24) is 0 Å². The molecule has 4 nitrogen and oxygen atoms in total. The number of furan rings is 1. The topological polar surface area (TPSA) is 42.7 Å². The zero-order valence-corrected chi connectivity index (χ0v) is 18.9. The molecule has 152 valence electrons. The molecule has 0 aliphatic carbocycles. The zero-order valence-electron chi connectivity index (χ0n) is 15.7. The molecule has 2 aromatic carbocycles. The zero-order chi connectivity index (χ0) is 21.3. The molecule has 0 atom stereocenters. The molecule has 1 saturated heterocycles. The summed E-state index contributed by atoms with van der Waals surface area (Å²) in [6, 6.07) is 16.0. The molecule has 30 heavy (non-hydrogen) atoms. The quantitative estimate of drug-likeness (QED) is 0.291.